The molecule has 14 aromatic rings. The van der Waals surface area contributed by atoms with Gasteiger partial charge in [0, 0.05) is 54.8 Å². The van der Waals surface area contributed by atoms with Crippen LogP contribution in [0.4, 0.5) is 34.1 Å². The van der Waals surface area contributed by atoms with Crippen LogP contribution in [0, 0.1) is 13.8 Å². The van der Waals surface area contributed by atoms with Gasteiger partial charge in [-0.1, -0.05) is 224 Å². The number of fused-ring (bicyclic) bond motifs is 6. The SMILES string of the molecule is Cc1ccccc1-c1cccc2c1oc1c(N(c3ccc(C(C)C)cc3)c3cc(C4CCCCC4)c4ccc5c(N(c6ccc(C(C)C)cc6)c6cccc7c6oc6c(-c8ccccc8C)cccc67)cc(C6CCCCC6)c6ccc3c4c65)cccc12. The molecule has 12 aromatic carbocycles. The molecular weight excluding hydrogens is 1070 g/mol. The smallest absolute Gasteiger partial charge is 0.159 e. The molecule has 0 aliphatic heterocycles. The van der Waals surface area contributed by atoms with Crippen molar-refractivity contribution in [2.75, 3.05) is 9.80 Å². The maximum atomic E-state index is 7.44. The number of para-hydroxylation sites is 4. The van der Waals surface area contributed by atoms with Crippen molar-refractivity contribution >= 4 is 110 Å². The van der Waals surface area contributed by atoms with Crippen molar-refractivity contribution in [3.8, 4) is 22.3 Å². The molecule has 0 bridgehead atoms. The van der Waals surface area contributed by atoms with E-state index >= 15 is 0 Å². The van der Waals surface area contributed by atoms with E-state index in [0.717, 1.165) is 77.8 Å². The van der Waals surface area contributed by atoms with Gasteiger partial charge in [0.05, 0.1) is 22.7 Å². The standard InChI is InChI=1S/C84H76N2O2/c1-51(2)55-37-41-59(42-38-55)85(75-35-19-33-69-67-31-17-29-65(81(67)87-83(69)75)61-27-15-13-21-53(61)5)77-49-73(57-23-9-7-10-24-57)63-46-48-72-78(50-74(58-25-11-8-12-26-58)64-45-47-71(77)79(63)80(64)72)86(60-43-39-56(40-44-60)52(3)4)76-36-20-34-70-68-32-18-30-66(82(68)88-84(70)76)62-28-16-14-22-54(62)6/h13-22,27-52,57-58H,7-12,23-26H2,1-6H3. The third-order valence-electron chi connectivity index (χ3n) is 20.5. The molecule has 0 amide bonds. The third-order valence-corrected chi connectivity index (χ3v) is 20.5. The Hall–Kier alpha value is -9.12. The lowest BCUT2D eigenvalue weighted by Gasteiger charge is -2.33. The number of hydrogen-bond donors (Lipinski definition) is 0. The minimum atomic E-state index is 0.392. The van der Waals surface area contributed by atoms with Crippen LogP contribution >= 0.6 is 0 Å². The van der Waals surface area contributed by atoms with E-state index < -0.39 is 0 Å². The highest BCUT2D eigenvalue weighted by Crippen LogP contribution is 2.55. The summed E-state index contributed by atoms with van der Waals surface area (Å²) in [6.45, 7) is 13.6. The largest absolute Gasteiger partial charge is 0.453 e. The van der Waals surface area contributed by atoms with Gasteiger partial charge in [0.15, 0.2) is 11.2 Å². The molecule has 2 saturated carbocycles. The highest BCUT2D eigenvalue weighted by Gasteiger charge is 2.32. The van der Waals surface area contributed by atoms with Gasteiger partial charge in [-0.15, -0.1) is 0 Å². The second-order valence-electron chi connectivity index (χ2n) is 26.4. The van der Waals surface area contributed by atoms with Crippen LogP contribution < -0.4 is 9.80 Å². The summed E-state index contributed by atoms with van der Waals surface area (Å²) in [5, 5.41) is 12.5. The minimum absolute atomic E-state index is 0.392. The molecule has 88 heavy (non-hydrogen) atoms. The second kappa shape index (κ2) is 21.9. The summed E-state index contributed by atoms with van der Waals surface area (Å²) < 4.78 is 14.9. The summed E-state index contributed by atoms with van der Waals surface area (Å²) in [6.07, 6.45) is 12.3. The van der Waals surface area contributed by atoms with Crippen molar-refractivity contribution in [3.63, 3.8) is 0 Å². The molecule has 2 heterocycles. The first-order valence-electron chi connectivity index (χ1n) is 32.8. The van der Waals surface area contributed by atoms with Gasteiger partial charge in [0.1, 0.15) is 11.2 Å². The molecule has 0 spiro atoms. The highest BCUT2D eigenvalue weighted by molar-refractivity contribution is 6.30. The molecular formula is C84H76N2O2. The van der Waals surface area contributed by atoms with Crippen LogP contribution in [0.25, 0.3) is 98.4 Å². The first kappa shape index (κ1) is 54.3. The normalized spacial score (nSPS) is 14.6. The Labute approximate surface area is 517 Å². The number of furan rings is 2. The minimum Gasteiger partial charge on any atom is -0.453 e. The number of hydrogen-bond acceptors (Lipinski definition) is 4. The van der Waals surface area contributed by atoms with Crippen molar-refractivity contribution in [3.05, 3.63) is 240 Å². The first-order chi connectivity index (χ1) is 43.2. The fourth-order valence-corrected chi connectivity index (χ4v) is 15.9. The molecule has 4 heteroatoms. The molecule has 0 atom stereocenters. The van der Waals surface area contributed by atoms with Crippen molar-refractivity contribution < 1.29 is 8.83 Å². The van der Waals surface area contributed by atoms with Gasteiger partial charge in [0.2, 0.25) is 0 Å². The van der Waals surface area contributed by atoms with E-state index in [4.69, 9.17) is 8.83 Å². The Morgan fingerprint density at radius 3 is 1.06 bits per heavy atom. The lowest BCUT2D eigenvalue weighted by Crippen LogP contribution is -2.15. The summed E-state index contributed by atoms with van der Waals surface area (Å²) in [5.74, 6) is 1.63. The van der Waals surface area contributed by atoms with Crippen molar-refractivity contribution in [1.82, 2.24) is 0 Å². The molecule has 16 rings (SSSR count). The zero-order valence-corrected chi connectivity index (χ0v) is 51.7. The third kappa shape index (κ3) is 8.91. The lowest BCUT2D eigenvalue weighted by molar-refractivity contribution is 0.445. The zero-order chi connectivity index (χ0) is 59.3. The van der Waals surface area contributed by atoms with E-state index in [1.807, 2.05) is 0 Å². The zero-order valence-electron chi connectivity index (χ0n) is 51.7. The molecule has 0 radical (unpaired) electrons. The van der Waals surface area contributed by atoms with Crippen molar-refractivity contribution in [1.29, 1.82) is 0 Å². The van der Waals surface area contributed by atoms with Crippen LogP contribution in [0.5, 0.6) is 0 Å². The molecule has 2 aliphatic rings. The van der Waals surface area contributed by atoms with Gasteiger partial charge < -0.3 is 18.6 Å². The molecule has 2 fully saturated rings. The Kier molecular flexibility index (Phi) is 13.5. The van der Waals surface area contributed by atoms with E-state index in [0.29, 0.717) is 23.7 Å². The quantitative estimate of drug-likeness (QED) is 0.114. The van der Waals surface area contributed by atoms with Crippen LogP contribution in [0.15, 0.2) is 215 Å². The molecule has 4 nitrogen and oxygen atoms in total. The van der Waals surface area contributed by atoms with Crippen LogP contribution in [0.2, 0.25) is 0 Å². The molecule has 0 unspecified atom stereocenters. The average molecular weight is 1150 g/mol. The van der Waals surface area contributed by atoms with Crippen LogP contribution in [0.3, 0.4) is 0 Å². The van der Waals surface area contributed by atoms with E-state index in [-0.39, 0.29) is 0 Å². The monoisotopic (exact) mass is 1140 g/mol. The summed E-state index contributed by atoms with van der Waals surface area (Å²) in [4.78, 5) is 5.14. The summed E-state index contributed by atoms with van der Waals surface area (Å²) in [6, 6.07) is 78.4. The predicted octanol–water partition coefficient (Wildman–Crippen LogP) is 25.6. The number of anilines is 6. The molecule has 2 aliphatic carbocycles. The summed E-state index contributed by atoms with van der Waals surface area (Å²) >= 11 is 0. The summed E-state index contributed by atoms with van der Waals surface area (Å²) in [7, 11) is 0. The van der Waals surface area contributed by atoms with Crippen LogP contribution in [0.1, 0.15) is 149 Å². The van der Waals surface area contributed by atoms with Gasteiger partial charge in [0.25, 0.3) is 0 Å². The summed E-state index contributed by atoms with van der Waals surface area (Å²) in [5.41, 5.74) is 22.9. The number of nitrogens with zero attached hydrogens (tertiary/aromatic N) is 2. The maximum absolute atomic E-state index is 7.44. The topological polar surface area (TPSA) is 32.8 Å². The van der Waals surface area contributed by atoms with Crippen LogP contribution in [-0.4, -0.2) is 0 Å². The molecule has 0 N–H and O–H groups in total. The highest BCUT2D eigenvalue weighted by atomic mass is 16.3. The van der Waals surface area contributed by atoms with E-state index in [1.165, 1.54) is 152 Å². The van der Waals surface area contributed by atoms with Gasteiger partial charge >= 0.3 is 0 Å². The number of benzene rings is 12. The Balaban J connectivity index is 1.01. The van der Waals surface area contributed by atoms with E-state index in [1.54, 1.807) is 0 Å². The lowest BCUT2D eigenvalue weighted by atomic mass is 9.77. The molecule has 434 valence electrons. The van der Waals surface area contributed by atoms with Gasteiger partial charge in [-0.3, -0.25) is 0 Å². The fourth-order valence-electron chi connectivity index (χ4n) is 15.9. The Morgan fingerprint density at radius 1 is 0.318 bits per heavy atom. The number of rotatable bonds is 12. The fraction of sp³-hybridized carbons (Fsp3) is 0.238. The van der Waals surface area contributed by atoms with E-state index in [2.05, 4.69) is 258 Å². The van der Waals surface area contributed by atoms with E-state index in [9.17, 15) is 0 Å². The van der Waals surface area contributed by atoms with Gasteiger partial charge in [-0.25, -0.2) is 0 Å². The van der Waals surface area contributed by atoms with Gasteiger partial charge in [-0.2, -0.15) is 0 Å². The van der Waals surface area contributed by atoms with Crippen LogP contribution in [-0.2, 0) is 0 Å². The number of aryl methyl sites for hydroxylation is 2. The second-order valence-corrected chi connectivity index (χ2v) is 26.4. The molecule has 0 saturated heterocycles. The van der Waals surface area contributed by atoms with Crippen molar-refractivity contribution in [2.24, 2.45) is 0 Å². The Morgan fingerprint density at radius 2 is 0.670 bits per heavy atom. The van der Waals surface area contributed by atoms with Gasteiger partial charge in [-0.05, 0) is 178 Å². The Bertz CT molecular complexity index is 4650. The molecule has 2 aromatic heterocycles. The maximum Gasteiger partial charge on any atom is 0.159 e. The van der Waals surface area contributed by atoms with Crippen molar-refractivity contribution in [2.45, 2.75) is 129 Å². The average Bonchev–Trinajstić information content (AvgIpc) is 1.30. The first-order valence-corrected chi connectivity index (χ1v) is 32.8. The predicted molar refractivity (Wildman–Crippen MR) is 374 cm³/mol.